The van der Waals surface area contributed by atoms with E-state index in [4.69, 9.17) is 15.0 Å². The van der Waals surface area contributed by atoms with Crippen LogP contribution in [0, 0.1) is 0 Å². The fourth-order valence-electron chi connectivity index (χ4n) is 7.91. The minimum atomic E-state index is -0.189. The van der Waals surface area contributed by atoms with Gasteiger partial charge in [-0.1, -0.05) is 135 Å². The van der Waals surface area contributed by atoms with Gasteiger partial charge in [0.05, 0.1) is 11.0 Å². The van der Waals surface area contributed by atoms with Crippen molar-refractivity contribution in [2.24, 2.45) is 0 Å². The first-order chi connectivity index (χ1) is 23.5. The molecule has 10 rings (SSSR count). The Morgan fingerprint density at radius 1 is 0.458 bits per heavy atom. The summed E-state index contributed by atoms with van der Waals surface area (Å²) in [5.41, 5.74) is 9.21. The Labute approximate surface area is 278 Å². The van der Waals surface area contributed by atoms with E-state index in [1.54, 1.807) is 0 Å². The van der Waals surface area contributed by atoms with Gasteiger partial charge < -0.3 is 0 Å². The highest BCUT2D eigenvalue weighted by Gasteiger charge is 2.38. The lowest BCUT2D eigenvalue weighted by atomic mass is 9.80. The van der Waals surface area contributed by atoms with Crippen molar-refractivity contribution in [3.8, 4) is 39.9 Å². The van der Waals surface area contributed by atoms with Crippen molar-refractivity contribution in [2.75, 3.05) is 0 Å². The fourth-order valence-corrected chi connectivity index (χ4v) is 7.91. The average molecular weight is 615 g/mol. The first-order valence-corrected chi connectivity index (χ1v) is 16.5. The number of hydrogen-bond acceptors (Lipinski definition) is 3. The summed E-state index contributed by atoms with van der Waals surface area (Å²) in [6.45, 7) is 4.72. The minimum absolute atomic E-state index is 0.189. The second-order valence-electron chi connectivity index (χ2n) is 13.3. The van der Waals surface area contributed by atoms with Crippen LogP contribution in [0.5, 0.6) is 0 Å². The number of aromatic nitrogens is 4. The van der Waals surface area contributed by atoms with Gasteiger partial charge in [-0.25, -0.2) is 4.98 Å². The Hall–Kier alpha value is -6.13. The lowest BCUT2D eigenvalue weighted by Crippen LogP contribution is -2.15. The molecule has 1 aliphatic rings. The molecule has 0 saturated heterocycles. The third-order valence-corrected chi connectivity index (χ3v) is 10.2. The van der Waals surface area contributed by atoms with Crippen LogP contribution in [0.3, 0.4) is 0 Å². The van der Waals surface area contributed by atoms with Gasteiger partial charge in [-0.3, -0.25) is 4.57 Å². The Kier molecular flexibility index (Phi) is 5.59. The summed E-state index contributed by atoms with van der Waals surface area (Å²) >= 11 is 0. The van der Waals surface area contributed by atoms with E-state index in [0.717, 1.165) is 27.5 Å². The van der Waals surface area contributed by atoms with Gasteiger partial charge in [-0.05, 0) is 68.1 Å². The molecule has 2 aromatic heterocycles. The molecular formula is C44H30N4. The van der Waals surface area contributed by atoms with Gasteiger partial charge in [-0.2, -0.15) is 9.97 Å². The monoisotopic (exact) mass is 614 g/mol. The summed E-state index contributed by atoms with van der Waals surface area (Å²) in [5, 5.41) is 7.30. The van der Waals surface area contributed by atoms with E-state index in [2.05, 4.69) is 146 Å². The van der Waals surface area contributed by atoms with Gasteiger partial charge in [0, 0.05) is 27.3 Å². The molecule has 0 bridgehead atoms. The zero-order chi connectivity index (χ0) is 32.0. The van der Waals surface area contributed by atoms with Crippen LogP contribution in [0.1, 0.15) is 25.0 Å². The highest BCUT2D eigenvalue weighted by molar-refractivity contribution is 6.12. The minimum Gasteiger partial charge on any atom is -0.278 e. The van der Waals surface area contributed by atoms with E-state index in [1.165, 1.54) is 49.2 Å². The topological polar surface area (TPSA) is 43.6 Å². The Morgan fingerprint density at radius 2 is 1.12 bits per heavy atom. The molecule has 226 valence electrons. The molecule has 0 amide bonds. The molecule has 0 atom stereocenters. The summed E-state index contributed by atoms with van der Waals surface area (Å²) in [4.78, 5) is 15.5. The predicted octanol–water partition coefficient (Wildman–Crippen LogP) is 10.9. The van der Waals surface area contributed by atoms with Gasteiger partial charge >= 0.3 is 0 Å². The van der Waals surface area contributed by atoms with Crippen molar-refractivity contribution in [3.63, 3.8) is 0 Å². The average Bonchev–Trinajstić information content (AvgIpc) is 3.58. The third-order valence-electron chi connectivity index (χ3n) is 10.2. The van der Waals surface area contributed by atoms with E-state index < -0.39 is 0 Å². The maximum absolute atomic E-state index is 5.23. The van der Waals surface area contributed by atoms with Gasteiger partial charge in [0.25, 0.3) is 0 Å². The molecule has 0 N–H and O–H groups in total. The quantitative estimate of drug-likeness (QED) is 0.199. The highest BCUT2D eigenvalue weighted by Crippen LogP contribution is 2.53. The number of hydrogen-bond donors (Lipinski definition) is 0. The molecule has 0 radical (unpaired) electrons. The maximum atomic E-state index is 5.23. The standard InChI is InChI=1S/C44H30N4/c1-44(2)37-26-39-36(25-35(37)34-23-22-28-13-8-9-17-32(28)40(34)44)33-18-10-11-19-38(33)48(39)43-46-41(29-14-4-3-5-15-29)45-42(47-43)31-21-20-27-12-6-7-16-30(27)24-31/h3-26H,1-2H3. The normalized spacial score (nSPS) is 13.4. The number of para-hydroxylation sites is 1. The zero-order valence-electron chi connectivity index (χ0n) is 26.6. The van der Waals surface area contributed by atoms with E-state index in [9.17, 15) is 0 Å². The predicted molar refractivity (Wildman–Crippen MR) is 198 cm³/mol. The van der Waals surface area contributed by atoms with Gasteiger partial charge in [0.2, 0.25) is 5.95 Å². The van der Waals surface area contributed by atoms with Crippen molar-refractivity contribution in [1.29, 1.82) is 0 Å². The number of nitrogens with zero attached hydrogens (tertiary/aromatic N) is 4. The smallest absolute Gasteiger partial charge is 0.238 e. The maximum Gasteiger partial charge on any atom is 0.238 e. The largest absolute Gasteiger partial charge is 0.278 e. The van der Waals surface area contributed by atoms with Crippen molar-refractivity contribution < 1.29 is 0 Å². The molecule has 48 heavy (non-hydrogen) atoms. The van der Waals surface area contributed by atoms with Crippen molar-refractivity contribution in [2.45, 2.75) is 19.3 Å². The molecule has 7 aromatic carbocycles. The number of fused-ring (bicyclic) bond motifs is 9. The Bertz CT molecular complexity index is 2760. The summed E-state index contributed by atoms with van der Waals surface area (Å²) < 4.78 is 2.24. The summed E-state index contributed by atoms with van der Waals surface area (Å²) in [7, 11) is 0. The third kappa shape index (κ3) is 3.86. The second-order valence-corrected chi connectivity index (χ2v) is 13.3. The van der Waals surface area contributed by atoms with E-state index in [1.807, 2.05) is 18.2 Å². The second kappa shape index (κ2) is 9.93. The molecule has 0 fully saturated rings. The Morgan fingerprint density at radius 3 is 1.96 bits per heavy atom. The van der Waals surface area contributed by atoms with Crippen LogP contribution in [0.15, 0.2) is 146 Å². The Balaban J connectivity index is 1.27. The lowest BCUT2D eigenvalue weighted by Gasteiger charge is -2.23. The van der Waals surface area contributed by atoms with Crippen LogP contribution in [0.2, 0.25) is 0 Å². The summed E-state index contributed by atoms with van der Waals surface area (Å²) in [5.74, 6) is 1.91. The van der Waals surface area contributed by atoms with E-state index in [0.29, 0.717) is 17.6 Å². The summed E-state index contributed by atoms with van der Waals surface area (Å²) in [6, 6.07) is 51.7. The zero-order valence-corrected chi connectivity index (χ0v) is 26.6. The van der Waals surface area contributed by atoms with Crippen LogP contribution in [0.4, 0.5) is 0 Å². The molecular weight excluding hydrogens is 585 g/mol. The molecule has 0 aliphatic heterocycles. The molecule has 0 unspecified atom stereocenters. The van der Waals surface area contributed by atoms with Crippen LogP contribution in [-0.4, -0.2) is 19.5 Å². The van der Waals surface area contributed by atoms with Crippen LogP contribution in [-0.2, 0) is 5.41 Å². The highest BCUT2D eigenvalue weighted by atomic mass is 15.2. The van der Waals surface area contributed by atoms with Gasteiger partial charge in [0.1, 0.15) is 0 Å². The van der Waals surface area contributed by atoms with Crippen LogP contribution in [0.25, 0.3) is 83.2 Å². The van der Waals surface area contributed by atoms with Crippen molar-refractivity contribution in [3.05, 3.63) is 157 Å². The first kappa shape index (κ1) is 27.0. The molecule has 0 saturated carbocycles. The van der Waals surface area contributed by atoms with Gasteiger partial charge in [-0.15, -0.1) is 0 Å². The molecule has 9 aromatic rings. The first-order valence-electron chi connectivity index (χ1n) is 16.5. The number of benzene rings is 7. The van der Waals surface area contributed by atoms with E-state index >= 15 is 0 Å². The molecule has 4 nitrogen and oxygen atoms in total. The van der Waals surface area contributed by atoms with Crippen molar-refractivity contribution in [1.82, 2.24) is 19.5 Å². The fraction of sp³-hybridized carbons (Fsp3) is 0.0682. The molecule has 4 heteroatoms. The van der Waals surface area contributed by atoms with Gasteiger partial charge in [0.15, 0.2) is 11.6 Å². The molecule has 1 aliphatic carbocycles. The van der Waals surface area contributed by atoms with Crippen LogP contribution >= 0.6 is 0 Å². The van der Waals surface area contributed by atoms with Crippen LogP contribution < -0.4 is 0 Å². The summed E-state index contributed by atoms with van der Waals surface area (Å²) in [6.07, 6.45) is 0. The molecule has 2 heterocycles. The number of rotatable bonds is 3. The van der Waals surface area contributed by atoms with Crippen molar-refractivity contribution >= 4 is 43.4 Å². The lowest BCUT2D eigenvalue weighted by molar-refractivity contribution is 0.667. The molecule has 0 spiro atoms. The SMILES string of the molecule is CC1(C)c2cc3c(cc2-c2ccc4ccccc4c21)c1ccccc1n3-c1nc(-c2ccccc2)nc(-c2ccc3ccccc3c2)n1. The van der Waals surface area contributed by atoms with E-state index in [-0.39, 0.29) is 5.41 Å².